The number of carboxylic acids is 1. The highest BCUT2D eigenvalue weighted by Gasteiger charge is 2.49. The average molecular weight is 274 g/mol. The first-order valence-electron chi connectivity index (χ1n) is 6.46. The summed E-state index contributed by atoms with van der Waals surface area (Å²) in [4.78, 5) is 22.8. The molecule has 0 spiro atoms. The average Bonchev–Trinajstić information content (AvgIpc) is 2.35. The SMILES string of the molecule is CC1=CC(=O)CC(C)(C)C1(O)c1cccc(C(=O)O)c1. The van der Waals surface area contributed by atoms with E-state index < -0.39 is 17.0 Å². The summed E-state index contributed by atoms with van der Waals surface area (Å²) in [5.74, 6) is -1.06. The zero-order chi connectivity index (χ0) is 15.1. The predicted octanol–water partition coefficient (Wildman–Crippen LogP) is 2.52. The third-order valence-electron chi connectivity index (χ3n) is 4.07. The topological polar surface area (TPSA) is 74.6 Å². The van der Waals surface area contributed by atoms with Crippen LogP contribution < -0.4 is 0 Å². The van der Waals surface area contributed by atoms with Gasteiger partial charge in [0.15, 0.2) is 5.78 Å². The second-order valence-corrected chi connectivity index (χ2v) is 5.95. The van der Waals surface area contributed by atoms with E-state index >= 15 is 0 Å². The smallest absolute Gasteiger partial charge is 0.335 e. The van der Waals surface area contributed by atoms with Crippen molar-refractivity contribution in [2.24, 2.45) is 5.41 Å². The first kappa shape index (κ1) is 14.5. The van der Waals surface area contributed by atoms with E-state index in [2.05, 4.69) is 0 Å². The van der Waals surface area contributed by atoms with Crippen LogP contribution in [-0.2, 0) is 10.4 Å². The number of aromatic carboxylic acids is 1. The van der Waals surface area contributed by atoms with Crippen molar-refractivity contribution >= 4 is 11.8 Å². The zero-order valence-corrected chi connectivity index (χ0v) is 11.8. The predicted molar refractivity (Wildman–Crippen MR) is 74.5 cm³/mol. The van der Waals surface area contributed by atoms with Gasteiger partial charge in [-0.25, -0.2) is 4.79 Å². The van der Waals surface area contributed by atoms with Gasteiger partial charge in [0.2, 0.25) is 0 Å². The van der Waals surface area contributed by atoms with Crippen molar-refractivity contribution < 1.29 is 19.8 Å². The molecule has 4 heteroatoms. The normalized spacial score (nSPS) is 25.2. The van der Waals surface area contributed by atoms with Gasteiger partial charge in [0.1, 0.15) is 5.60 Å². The van der Waals surface area contributed by atoms with Gasteiger partial charge in [-0.15, -0.1) is 0 Å². The minimum Gasteiger partial charge on any atom is -0.478 e. The first-order chi connectivity index (χ1) is 9.18. The molecule has 1 atom stereocenters. The number of benzene rings is 1. The number of carbonyl (C=O) groups excluding carboxylic acids is 1. The summed E-state index contributed by atoms with van der Waals surface area (Å²) in [6, 6.07) is 6.25. The third-order valence-corrected chi connectivity index (χ3v) is 4.07. The largest absolute Gasteiger partial charge is 0.478 e. The molecule has 0 saturated carbocycles. The molecular formula is C16H18O4. The minimum absolute atomic E-state index is 0.0217. The van der Waals surface area contributed by atoms with E-state index in [-0.39, 0.29) is 17.8 Å². The van der Waals surface area contributed by atoms with Crippen LogP contribution in [0.1, 0.15) is 43.1 Å². The molecule has 0 fully saturated rings. The number of carbonyl (C=O) groups is 2. The van der Waals surface area contributed by atoms with Crippen molar-refractivity contribution in [3.8, 4) is 0 Å². The van der Waals surface area contributed by atoms with Gasteiger partial charge in [-0.1, -0.05) is 26.0 Å². The highest BCUT2D eigenvalue weighted by Crippen LogP contribution is 2.49. The van der Waals surface area contributed by atoms with Crippen molar-refractivity contribution in [1.82, 2.24) is 0 Å². The molecule has 2 N–H and O–H groups in total. The zero-order valence-electron chi connectivity index (χ0n) is 11.8. The van der Waals surface area contributed by atoms with E-state index in [1.165, 1.54) is 18.2 Å². The van der Waals surface area contributed by atoms with Gasteiger partial charge < -0.3 is 10.2 Å². The highest BCUT2D eigenvalue weighted by atomic mass is 16.4. The summed E-state index contributed by atoms with van der Waals surface area (Å²) in [6.45, 7) is 5.33. The molecule has 0 aliphatic heterocycles. The molecule has 0 aromatic heterocycles. The molecule has 0 heterocycles. The second-order valence-electron chi connectivity index (χ2n) is 5.95. The molecular weight excluding hydrogens is 256 g/mol. The van der Waals surface area contributed by atoms with Gasteiger partial charge >= 0.3 is 5.97 Å². The molecule has 2 rings (SSSR count). The maximum absolute atomic E-state index is 11.7. The maximum atomic E-state index is 11.7. The van der Waals surface area contributed by atoms with Crippen LogP contribution in [0.25, 0.3) is 0 Å². The molecule has 20 heavy (non-hydrogen) atoms. The Morgan fingerprint density at radius 1 is 1.30 bits per heavy atom. The summed E-state index contributed by atoms with van der Waals surface area (Å²) in [5.41, 5.74) is -0.867. The van der Waals surface area contributed by atoms with Crippen LogP contribution in [0.4, 0.5) is 0 Å². The molecule has 0 radical (unpaired) electrons. The lowest BCUT2D eigenvalue weighted by atomic mass is 9.62. The Hall–Kier alpha value is -1.94. The Morgan fingerprint density at radius 3 is 2.50 bits per heavy atom. The highest BCUT2D eigenvalue weighted by molar-refractivity contribution is 5.93. The number of aliphatic hydroxyl groups is 1. The fourth-order valence-electron chi connectivity index (χ4n) is 2.99. The Bertz CT molecular complexity index is 613. The van der Waals surface area contributed by atoms with E-state index in [0.717, 1.165) is 0 Å². The van der Waals surface area contributed by atoms with Crippen LogP contribution >= 0.6 is 0 Å². The second kappa shape index (κ2) is 4.56. The Kier molecular flexibility index (Phi) is 3.30. The maximum Gasteiger partial charge on any atom is 0.335 e. The van der Waals surface area contributed by atoms with E-state index in [4.69, 9.17) is 5.11 Å². The molecule has 4 nitrogen and oxygen atoms in total. The fourth-order valence-corrected chi connectivity index (χ4v) is 2.99. The van der Waals surface area contributed by atoms with Gasteiger partial charge in [-0.3, -0.25) is 4.79 Å². The van der Waals surface area contributed by atoms with Crippen LogP contribution in [0.3, 0.4) is 0 Å². The number of allylic oxidation sites excluding steroid dienone is 1. The third kappa shape index (κ3) is 2.06. The number of rotatable bonds is 2. The summed E-state index contributed by atoms with van der Waals surface area (Å²) in [6.07, 6.45) is 1.66. The van der Waals surface area contributed by atoms with Crippen molar-refractivity contribution in [3.63, 3.8) is 0 Å². The van der Waals surface area contributed by atoms with Gasteiger partial charge in [0.05, 0.1) is 5.56 Å². The van der Waals surface area contributed by atoms with E-state index in [1.807, 2.05) is 13.8 Å². The quantitative estimate of drug-likeness (QED) is 0.869. The Morgan fingerprint density at radius 2 is 1.95 bits per heavy atom. The monoisotopic (exact) mass is 274 g/mol. The molecule has 1 aromatic rings. The van der Waals surface area contributed by atoms with Crippen LogP contribution in [0.2, 0.25) is 0 Å². The molecule has 1 unspecified atom stereocenters. The Balaban J connectivity index is 2.64. The molecule has 0 saturated heterocycles. The summed E-state index contributed by atoms with van der Waals surface area (Å²) in [7, 11) is 0. The number of carboxylic acid groups (broad SMARTS) is 1. The lowest BCUT2D eigenvalue weighted by Crippen LogP contribution is -2.47. The van der Waals surface area contributed by atoms with Gasteiger partial charge in [-0.05, 0) is 36.3 Å². The number of ketones is 1. The summed E-state index contributed by atoms with van der Waals surface area (Å²) in [5, 5.41) is 20.2. The van der Waals surface area contributed by atoms with Crippen molar-refractivity contribution in [1.29, 1.82) is 0 Å². The number of hydrogen-bond acceptors (Lipinski definition) is 3. The van der Waals surface area contributed by atoms with E-state index in [9.17, 15) is 14.7 Å². The van der Waals surface area contributed by atoms with E-state index in [0.29, 0.717) is 11.1 Å². The van der Waals surface area contributed by atoms with Crippen LogP contribution in [0.5, 0.6) is 0 Å². The summed E-state index contributed by atoms with van der Waals surface area (Å²) < 4.78 is 0. The van der Waals surface area contributed by atoms with Crippen LogP contribution in [0, 0.1) is 5.41 Å². The lowest BCUT2D eigenvalue weighted by molar-refractivity contribution is -0.124. The van der Waals surface area contributed by atoms with Crippen molar-refractivity contribution in [3.05, 3.63) is 47.0 Å². The van der Waals surface area contributed by atoms with Crippen LogP contribution in [0.15, 0.2) is 35.9 Å². The van der Waals surface area contributed by atoms with E-state index in [1.54, 1.807) is 19.1 Å². The first-order valence-corrected chi connectivity index (χ1v) is 6.46. The van der Waals surface area contributed by atoms with Gasteiger partial charge in [-0.2, -0.15) is 0 Å². The molecule has 1 aromatic carbocycles. The van der Waals surface area contributed by atoms with Crippen molar-refractivity contribution in [2.75, 3.05) is 0 Å². The number of hydrogen-bond donors (Lipinski definition) is 2. The molecule has 0 bridgehead atoms. The molecule has 0 amide bonds. The fraction of sp³-hybridized carbons (Fsp3) is 0.375. The summed E-state index contributed by atoms with van der Waals surface area (Å²) >= 11 is 0. The molecule has 106 valence electrons. The van der Waals surface area contributed by atoms with Crippen LogP contribution in [-0.4, -0.2) is 22.0 Å². The van der Waals surface area contributed by atoms with Crippen molar-refractivity contribution in [2.45, 2.75) is 32.8 Å². The molecule has 1 aliphatic carbocycles. The lowest BCUT2D eigenvalue weighted by Gasteiger charge is -2.46. The standard InChI is InChI=1S/C16H18O4/c1-10-7-13(17)9-15(2,3)16(10,20)12-6-4-5-11(8-12)14(18)19/h4-8,20H,9H2,1-3H3,(H,18,19). The minimum atomic E-state index is -1.34. The van der Waals surface area contributed by atoms with Gasteiger partial charge in [0.25, 0.3) is 0 Å². The molecule has 1 aliphatic rings. The van der Waals surface area contributed by atoms with Gasteiger partial charge in [0, 0.05) is 11.8 Å². The Labute approximate surface area is 117 Å².